The lowest BCUT2D eigenvalue weighted by Crippen LogP contribution is -2.13. The van der Waals surface area contributed by atoms with E-state index >= 15 is 0 Å². The molecule has 2 rings (SSSR count). The van der Waals surface area contributed by atoms with Crippen LogP contribution in [-0.4, -0.2) is 5.11 Å². The molecule has 1 atom stereocenters. The van der Waals surface area contributed by atoms with Crippen molar-refractivity contribution in [3.63, 3.8) is 0 Å². The van der Waals surface area contributed by atoms with Crippen LogP contribution in [0.4, 0.5) is 0 Å². The fourth-order valence-corrected chi connectivity index (χ4v) is 2.31. The van der Waals surface area contributed by atoms with Crippen LogP contribution in [0.1, 0.15) is 24.4 Å². The molecule has 1 aliphatic rings. The normalized spacial score (nSPS) is 18.2. The third-order valence-corrected chi connectivity index (χ3v) is 3.57. The van der Waals surface area contributed by atoms with Crippen molar-refractivity contribution >= 4 is 27.5 Å². The molecule has 3 N–H and O–H groups in total. The molecule has 0 bridgehead atoms. The summed E-state index contributed by atoms with van der Waals surface area (Å²) in [5.41, 5.74) is 6.76. The molecular formula is C10H11BrClNO. The van der Waals surface area contributed by atoms with E-state index in [4.69, 9.17) is 17.3 Å². The number of phenolic OH excluding ortho intramolecular Hbond substituents is 1. The van der Waals surface area contributed by atoms with E-state index in [9.17, 15) is 5.11 Å². The molecular weight excluding hydrogens is 265 g/mol. The lowest BCUT2D eigenvalue weighted by atomic mass is 10.0. The first-order valence-corrected chi connectivity index (χ1v) is 5.71. The Morgan fingerprint density at radius 2 is 2.14 bits per heavy atom. The van der Waals surface area contributed by atoms with Crippen LogP contribution >= 0.6 is 27.5 Å². The van der Waals surface area contributed by atoms with E-state index in [1.54, 1.807) is 6.07 Å². The minimum absolute atomic E-state index is 0.108. The highest BCUT2D eigenvalue weighted by atomic mass is 79.9. The molecule has 0 amide bonds. The molecule has 0 aromatic heterocycles. The van der Waals surface area contributed by atoms with Crippen LogP contribution in [0.2, 0.25) is 5.02 Å². The monoisotopic (exact) mass is 275 g/mol. The molecule has 2 nitrogen and oxygen atoms in total. The standard InChI is InChI=1S/C10H11BrClNO/c11-6-3-4-7(12)10(14)8(6)9(13)5-1-2-5/h3-5,9,14H,1-2,13H2/t9-/m0/s1. The molecule has 0 saturated heterocycles. The summed E-state index contributed by atoms with van der Waals surface area (Å²) in [6.45, 7) is 0. The van der Waals surface area contributed by atoms with Crippen molar-refractivity contribution in [1.82, 2.24) is 0 Å². The van der Waals surface area contributed by atoms with Crippen LogP contribution in [0.3, 0.4) is 0 Å². The van der Waals surface area contributed by atoms with E-state index in [-0.39, 0.29) is 11.8 Å². The van der Waals surface area contributed by atoms with E-state index in [1.807, 2.05) is 6.07 Å². The largest absolute Gasteiger partial charge is 0.506 e. The quantitative estimate of drug-likeness (QED) is 0.871. The van der Waals surface area contributed by atoms with Gasteiger partial charge in [0.25, 0.3) is 0 Å². The Morgan fingerprint density at radius 3 is 2.71 bits per heavy atom. The molecule has 1 aliphatic carbocycles. The first-order valence-electron chi connectivity index (χ1n) is 4.53. The zero-order valence-electron chi connectivity index (χ0n) is 7.50. The summed E-state index contributed by atoms with van der Waals surface area (Å²) in [6.07, 6.45) is 2.28. The zero-order valence-corrected chi connectivity index (χ0v) is 9.85. The lowest BCUT2D eigenvalue weighted by Gasteiger charge is -2.15. The first-order chi connectivity index (χ1) is 6.61. The highest BCUT2D eigenvalue weighted by Gasteiger charge is 2.32. The van der Waals surface area contributed by atoms with E-state index in [0.29, 0.717) is 10.9 Å². The van der Waals surface area contributed by atoms with Gasteiger partial charge in [0.1, 0.15) is 5.75 Å². The smallest absolute Gasteiger partial charge is 0.140 e. The second-order valence-electron chi connectivity index (χ2n) is 3.65. The maximum Gasteiger partial charge on any atom is 0.140 e. The average molecular weight is 277 g/mol. The summed E-state index contributed by atoms with van der Waals surface area (Å²) < 4.78 is 0.832. The minimum atomic E-state index is -0.108. The van der Waals surface area contributed by atoms with Crippen molar-refractivity contribution in [2.45, 2.75) is 18.9 Å². The van der Waals surface area contributed by atoms with Gasteiger partial charge in [0, 0.05) is 16.1 Å². The molecule has 0 aliphatic heterocycles. The fraction of sp³-hybridized carbons (Fsp3) is 0.400. The van der Waals surface area contributed by atoms with E-state index in [0.717, 1.165) is 22.9 Å². The van der Waals surface area contributed by atoms with Crippen molar-refractivity contribution < 1.29 is 5.11 Å². The van der Waals surface area contributed by atoms with Gasteiger partial charge in [-0.05, 0) is 30.9 Å². The predicted molar refractivity (Wildman–Crippen MR) is 60.5 cm³/mol. The number of halogens is 2. The average Bonchev–Trinajstić information content (AvgIpc) is 2.95. The Bertz CT molecular complexity index is 365. The molecule has 0 unspecified atom stereocenters. The number of hydrogen-bond acceptors (Lipinski definition) is 2. The molecule has 76 valence electrons. The maximum absolute atomic E-state index is 9.78. The van der Waals surface area contributed by atoms with Gasteiger partial charge < -0.3 is 10.8 Å². The molecule has 0 heterocycles. The second kappa shape index (κ2) is 3.72. The number of benzene rings is 1. The van der Waals surface area contributed by atoms with Gasteiger partial charge in [0.15, 0.2) is 0 Å². The van der Waals surface area contributed by atoms with E-state index in [1.165, 1.54) is 0 Å². The molecule has 0 radical (unpaired) electrons. The summed E-state index contributed by atoms with van der Waals surface area (Å²) in [7, 11) is 0. The predicted octanol–water partition coefficient (Wildman–Crippen LogP) is 3.22. The molecule has 1 aromatic carbocycles. The molecule has 1 fully saturated rings. The van der Waals surface area contributed by atoms with Gasteiger partial charge >= 0.3 is 0 Å². The van der Waals surface area contributed by atoms with Crippen molar-refractivity contribution in [1.29, 1.82) is 0 Å². The van der Waals surface area contributed by atoms with Crippen LogP contribution in [0.25, 0.3) is 0 Å². The Kier molecular flexibility index (Phi) is 2.73. The summed E-state index contributed by atoms with van der Waals surface area (Å²) >= 11 is 9.21. The number of hydrogen-bond donors (Lipinski definition) is 2. The van der Waals surface area contributed by atoms with Crippen molar-refractivity contribution in [2.24, 2.45) is 11.7 Å². The van der Waals surface area contributed by atoms with Crippen molar-refractivity contribution in [3.05, 3.63) is 27.2 Å². The highest BCUT2D eigenvalue weighted by molar-refractivity contribution is 9.10. The van der Waals surface area contributed by atoms with Crippen LogP contribution in [-0.2, 0) is 0 Å². The van der Waals surface area contributed by atoms with E-state index < -0.39 is 0 Å². The van der Waals surface area contributed by atoms with Crippen LogP contribution < -0.4 is 5.73 Å². The SMILES string of the molecule is N[C@H](c1c(Br)ccc(Cl)c1O)C1CC1. The number of phenols is 1. The third-order valence-electron chi connectivity index (χ3n) is 2.58. The lowest BCUT2D eigenvalue weighted by molar-refractivity contribution is 0.455. The molecule has 1 aromatic rings. The Labute approximate surface area is 96.2 Å². The highest BCUT2D eigenvalue weighted by Crippen LogP contribution is 2.46. The van der Waals surface area contributed by atoms with Gasteiger partial charge in [-0.2, -0.15) is 0 Å². The topological polar surface area (TPSA) is 46.2 Å². The minimum Gasteiger partial charge on any atom is -0.506 e. The number of nitrogens with two attached hydrogens (primary N) is 1. The van der Waals surface area contributed by atoms with Gasteiger partial charge in [-0.1, -0.05) is 27.5 Å². The van der Waals surface area contributed by atoms with Gasteiger partial charge in [0.05, 0.1) is 5.02 Å². The summed E-state index contributed by atoms with van der Waals surface area (Å²) in [5.74, 6) is 0.608. The van der Waals surface area contributed by atoms with Crippen LogP contribution in [0.15, 0.2) is 16.6 Å². The molecule has 14 heavy (non-hydrogen) atoms. The number of rotatable bonds is 2. The van der Waals surface area contributed by atoms with Gasteiger partial charge in [-0.3, -0.25) is 0 Å². The van der Waals surface area contributed by atoms with Crippen molar-refractivity contribution in [2.75, 3.05) is 0 Å². The summed E-state index contributed by atoms with van der Waals surface area (Å²) in [6, 6.07) is 3.37. The third kappa shape index (κ3) is 1.76. The van der Waals surface area contributed by atoms with E-state index in [2.05, 4.69) is 15.9 Å². The Morgan fingerprint density at radius 1 is 1.50 bits per heavy atom. The van der Waals surface area contributed by atoms with Gasteiger partial charge in [-0.15, -0.1) is 0 Å². The summed E-state index contributed by atoms with van der Waals surface area (Å²) in [5, 5.41) is 10.1. The van der Waals surface area contributed by atoms with Gasteiger partial charge in [0.2, 0.25) is 0 Å². The van der Waals surface area contributed by atoms with Crippen LogP contribution in [0, 0.1) is 5.92 Å². The first kappa shape index (κ1) is 10.3. The Hall–Kier alpha value is -0.250. The Balaban J connectivity index is 2.43. The fourth-order valence-electron chi connectivity index (χ4n) is 1.56. The number of aromatic hydroxyl groups is 1. The second-order valence-corrected chi connectivity index (χ2v) is 4.92. The van der Waals surface area contributed by atoms with Crippen LogP contribution in [0.5, 0.6) is 5.75 Å². The maximum atomic E-state index is 9.78. The molecule has 0 spiro atoms. The molecule has 1 saturated carbocycles. The molecule has 4 heteroatoms. The summed E-state index contributed by atoms with van der Waals surface area (Å²) in [4.78, 5) is 0. The zero-order chi connectivity index (χ0) is 10.3. The van der Waals surface area contributed by atoms with Crippen molar-refractivity contribution in [3.8, 4) is 5.75 Å². The van der Waals surface area contributed by atoms with Gasteiger partial charge in [-0.25, -0.2) is 0 Å².